The quantitative estimate of drug-likeness (QED) is 0.672. The molecule has 0 atom stereocenters. The number of rotatable bonds is 2. The van der Waals surface area contributed by atoms with Crippen LogP contribution in [0.15, 0.2) is 12.1 Å². The summed E-state index contributed by atoms with van der Waals surface area (Å²) in [6.45, 7) is 1.97. The van der Waals surface area contributed by atoms with Crippen LogP contribution in [0, 0.1) is 6.92 Å². The topological polar surface area (TPSA) is 9.23 Å². The predicted molar refractivity (Wildman–Crippen MR) is 52.3 cm³/mol. The predicted octanol–water partition coefficient (Wildman–Crippen LogP) is 3.40. The molecule has 0 unspecified atom stereocenters. The van der Waals surface area contributed by atoms with Gasteiger partial charge < -0.3 is 4.74 Å². The third kappa shape index (κ3) is 1.85. The monoisotopic (exact) mass is 204 g/mol. The number of benzene rings is 1. The maximum atomic E-state index is 5.93. The van der Waals surface area contributed by atoms with Gasteiger partial charge in [0.25, 0.3) is 0 Å². The Kier molecular flexibility index (Phi) is 3.24. The fourth-order valence-corrected chi connectivity index (χ4v) is 1.70. The van der Waals surface area contributed by atoms with Crippen LogP contribution in [0.25, 0.3) is 0 Å². The molecule has 0 aliphatic rings. The number of hydrogen-bond acceptors (Lipinski definition) is 1. The number of methoxy groups -OCH3 is 1. The number of hydrogen-bond donors (Lipinski definition) is 0. The van der Waals surface area contributed by atoms with E-state index >= 15 is 0 Å². The molecule has 0 aliphatic heterocycles. The van der Waals surface area contributed by atoms with E-state index in [4.69, 9.17) is 27.9 Å². The van der Waals surface area contributed by atoms with Crippen LogP contribution >= 0.6 is 23.2 Å². The van der Waals surface area contributed by atoms with Crippen molar-refractivity contribution >= 4 is 23.2 Å². The summed E-state index contributed by atoms with van der Waals surface area (Å²) >= 11 is 11.6. The van der Waals surface area contributed by atoms with Gasteiger partial charge in [0.05, 0.1) is 18.0 Å². The molecule has 1 aromatic carbocycles. The van der Waals surface area contributed by atoms with Crippen LogP contribution in [0.3, 0.4) is 0 Å². The van der Waals surface area contributed by atoms with Crippen molar-refractivity contribution in [1.29, 1.82) is 0 Å². The fraction of sp³-hybridized carbons (Fsp3) is 0.333. The summed E-state index contributed by atoms with van der Waals surface area (Å²) in [4.78, 5) is 0. The van der Waals surface area contributed by atoms with Gasteiger partial charge in [0.1, 0.15) is 5.75 Å². The highest BCUT2D eigenvalue weighted by Crippen LogP contribution is 2.30. The zero-order valence-corrected chi connectivity index (χ0v) is 8.54. The second kappa shape index (κ2) is 4.01. The van der Waals surface area contributed by atoms with E-state index in [-0.39, 0.29) is 0 Å². The number of halogens is 2. The lowest BCUT2D eigenvalue weighted by Crippen LogP contribution is -1.91. The highest BCUT2D eigenvalue weighted by atomic mass is 35.5. The molecule has 0 heterocycles. The molecule has 0 amide bonds. The van der Waals surface area contributed by atoms with E-state index < -0.39 is 0 Å². The van der Waals surface area contributed by atoms with Crippen LogP contribution in [-0.2, 0) is 5.88 Å². The molecule has 0 aliphatic carbocycles. The van der Waals surface area contributed by atoms with Crippen molar-refractivity contribution in [3.63, 3.8) is 0 Å². The van der Waals surface area contributed by atoms with Crippen molar-refractivity contribution in [2.45, 2.75) is 12.8 Å². The van der Waals surface area contributed by atoms with Crippen LogP contribution in [0.4, 0.5) is 0 Å². The first-order valence-corrected chi connectivity index (χ1v) is 4.49. The van der Waals surface area contributed by atoms with Crippen LogP contribution in [0.2, 0.25) is 5.02 Å². The van der Waals surface area contributed by atoms with Crippen LogP contribution in [-0.4, -0.2) is 7.11 Å². The van der Waals surface area contributed by atoms with Crippen molar-refractivity contribution in [2.75, 3.05) is 7.11 Å². The summed E-state index contributed by atoms with van der Waals surface area (Å²) in [6.07, 6.45) is 0. The van der Waals surface area contributed by atoms with E-state index in [1.807, 2.05) is 19.1 Å². The molecule has 66 valence electrons. The molecular formula is C9H10Cl2O. The van der Waals surface area contributed by atoms with Gasteiger partial charge in [-0.05, 0) is 18.6 Å². The van der Waals surface area contributed by atoms with Gasteiger partial charge in [-0.3, -0.25) is 0 Å². The Morgan fingerprint density at radius 3 is 2.58 bits per heavy atom. The molecule has 0 N–H and O–H groups in total. The third-order valence-electron chi connectivity index (χ3n) is 1.61. The Balaban J connectivity index is 3.24. The molecule has 0 spiro atoms. The first-order chi connectivity index (χ1) is 5.69. The third-order valence-corrected chi connectivity index (χ3v) is 2.18. The molecular weight excluding hydrogens is 195 g/mol. The average molecular weight is 205 g/mol. The van der Waals surface area contributed by atoms with Gasteiger partial charge in [-0.15, -0.1) is 11.6 Å². The number of alkyl halides is 1. The van der Waals surface area contributed by atoms with Gasteiger partial charge in [-0.2, -0.15) is 0 Å². The van der Waals surface area contributed by atoms with Gasteiger partial charge in [0.2, 0.25) is 0 Å². The molecule has 0 saturated carbocycles. The zero-order chi connectivity index (χ0) is 9.14. The first-order valence-electron chi connectivity index (χ1n) is 3.58. The van der Waals surface area contributed by atoms with E-state index in [0.717, 1.165) is 11.1 Å². The molecule has 0 fully saturated rings. The molecule has 3 heteroatoms. The molecule has 1 nitrogen and oxygen atoms in total. The van der Waals surface area contributed by atoms with Gasteiger partial charge in [0.15, 0.2) is 0 Å². The molecule has 0 bridgehead atoms. The minimum Gasteiger partial charge on any atom is -0.495 e. The Labute approximate surface area is 82.2 Å². The smallest absolute Gasteiger partial charge is 0.141 e. The normalized spacial score (nSPS) is 10.0. The minimum atomic E-state index is 0.421. The van der Waals surface area contributed by atoms with Crippen LogP contribution in [0.5, 0.6) is 5.75 Å². The molecule has 1 rings (SSSR count). The SMILES string of the molecule is COc1c(Cl)cc(C)cc1CCl. The highest BCUT2D eigenvalue weighted by Gasteiger charge is 2.07. The van der Waals surface area contributed by atoms with E-state index in [1.54, 1.807) is 7.11 Å². The lowest BCUT2D eigenvalue weighted by Gasteiger charge is -2.08. The zero-order valence-electron chi connectivity index (χ0n) is 7.03. The summed E-state index contributed by atoms with van der Waals surface area (Å²) in [6, 6.07) is 3.83. The molecule has 12 heavy (non-hydrogen) atoms. The first kappa shape index (κ1) is 9.69. The van der Waals surface area contributed by atoms with Crippen LogP contribution < -0.4 is 4.74 Å². The molecule has 0 saturated heterocycles. The Morgan fingerprint density at radius 1 is 1.42 bits per heavy atom. The number of ether oxygens (including phenoxy) is 1. The Bertz CT molecular complexity index is 284. The fourth-order valence-electron chi connectivity index (χ4n) is 1.13. The molecule has 0 aromatic heterocycles. The Morgan fingerprint density at radius 2 is 2.08 bits per heavy atom. The maximum Gasteiger partial charge on any atom is 0.141 e. The second-order valence-corrected chi connectivity index (χ2v) is 3.25. The average Bonchev–Trinajstić information content (AvgIpc) is 2.03. The van der Waals surface area contributed by atoms with Crippen molar-refractivity contribution in [1.82, 2.24) is 0 Å². The second-order valence-electron chi connectivity index (χ2n) is 2.57. The molecule has 0 radical (unpaired) electrons. The van der Waals surface area contributed by atoms with E-state index in [9.17, 15) is 0 Å². The lowest BCUT2D eigenvalue weighted by atomic mass is 10.1. The summed E-state index contributed by atoms with van der Waals surface area (Å²) in [5.74, 6) is 1.10. The maximum absolute atomic E-state index is 5.93. The summed E-state index contributed by atoms with van der Waals surface area (Å²) in [7, 11) is 1.59. The van der Waals surface area contributed by atoms with Crippen LogP contribution in [0.1, 0.15) is 11.1 Å². The van der Waals surface area contributed by atoms with Crippen molar-refractivity contribution < 1.29 is 4.74 Å². The lowest BCUT2D eigenvalue weighted by molar-refractivity contribution is 0.411. The largest absolute Gasteiger partial charge is 0.495 e. The molecule has 1 aromatic rings. The summed E-state index contributed by atoms with van der Waals surface area (Å²) in [5, 5.41) is 0.619. The minimum absolute atomic E-state index is 0.421. The van der Waals surface area contributed by atoms with E-state index in [1.165, 1.54) is 0 Å². The van der Waals surface area contributed by atoms with Crippen molar-refractivity contribution in [3.05, 3.63) is 28.3 Å². The van der Waals surface area contributed by atoms with Crippen molar-refractivity contribution in [2.24, 2.45) is 0 Å². The van der Waals surface area contributed by atoms with E-state index in [2.05, 4.69) is 0 Å². The van der Waals surface area contributed by atoms with Crippen molar-refractivity contribution in [3.8, 4) is 5.75 Å². The summed E-state index contributed by atoms with van der Waals surface area (Å²) < 4.78 is 5.11. The number of aryl methyl sites for hydroxylation is 1. The Hall–Kier alpha value is -0.400. The van der Waals surface area contributed by atoms with Gasteiger partial charge >= 0.3 is 0 Å². The van der Waals surface area contributed by atoms with Gasteiger partial charge in [0, 0.05) is 5.56 Å². The van der Waals surface area contributed by atoms with Gasteiger partial charge in [-0.25, -0.2) is 0 Å². The van der Waals surface area contributed by atoms with Gasteiger partial charge in [-0.1, -0.05) is 17.7 Å². The highest BCUT2D eigenvalue weighted by molar-refractivity contribution is 6.32. The standard InChI is InChI=1S/C9H10Cl2O/c1-6-3-7(5-10)9(12-2)8(11)4-6/h3-4H,5H2,1-2H3. The summed E-state index contributed by atoms with van der Waals surface area (Å²) in [5.41, 5.74) is 2.03. The van der Waals surface area contributed by atoms with E-state index in [0.29, 0.717) is 16.7 Å².